The zero-order valence-corrected chi connectivity index (χ0v) is 15.8. The number of aryl methyl sites for hydroxylation is 1. The summed E-state index contributed by atoms with van der Waals surface area (Å²) in [5.41, 5.74) is 7.90. The van der Waals surface area contributed by atoms with E-state index in [9.17, 15) is 13.2 Å². The molecule has 8 heteroatoms. The summed E-state index contributed by atoms with van der Waals surface area (Å²) in [4.78, 5) is 14.4. The van der Waals surface area contributed by atoms with Crippen LogP contribution >= 0.6 is 0 Å². The van der Waals surface area contributed by atoms with Gasteiger partial charge in [-0.2, -0.15) is 4.72 Å². The number of carbonyl (C=O) groups is 1. The molecule has 1 saturated heterocycles. The fraction of sp³-hybridized carbons (Fsp3) is 0.263. The van der Waals surface area contributed by atoms with Gasteiger partial charge in [-0.25, -0.2) is 8.42 Å². The van der Waals surface area contributed by atoms with E-state index in [1.54, 1.807) is 35.2 Å². The van der Waals surface area contributed by atoms with Crippen molar-refractivity contribution in [3.05, 3.63) is 65.2 Å². The van der Waals surface area contributed by atoms with Gasteiger partial charge in [0.15, 0.2) is 0 Å². The summed E-state index contributed by atoms with van der Waals surface area (Å²) in [6.45, 7) is 2.69. The first-order valence-electron chi connectivity index (χ1n) is 8.57. The van der Waals surface area contributed by atoms with Gasteiger partial charge in [-0.15, -0.1) is 0 Å². The van der Waals surface area contributed by atoms with E-state index in [1.165, 1.54) is 12.1 Å². The van der Waals surface area contributed by atoms with Crippen molar-refractivity contribution in [1.29, 1.82) is 5.41 Å². The molecule has 142 valence electrons. The minimum atomic E-state index is -3.75. The highest BCUT2D eigenvalue weighted by atomic mass is 32.2. The first-order valence-corrected chi connectivity index (χ1v) is 10.1. The zero-order chi connectivity index (χ0) is 19.6. The molecule has 0 spiro atoms. The Labute approximate surface area is 158 Å². The number of nitrogens with one attached hydrogen (secondary N) is 2. The molecule has 0 aliphatic carbocycles. The second-order valence-electron chi connectivity index (χ2n) is 6.65. The molecule has 0 saturated carbocycles. The number of likely N-dealkylation sites (tertiary alicyclic amines) is 1. The highest BCUT2D eigenvalue weighted by molar-refractivity contribution is 7.89. The SMILES string of the molecule is Cc1ccc(S(=O)(=O)N[C@H]2CCN(Cc3cccc(C(=N)N)c3)C2=O)cc1. The monoisotopic (exact) mass is 386 g/mol. The predicted octanol–water partition coefficient (Wildman–Crippen LogP) is 1.36. The van der Waals surface area contributed by atoms with Crippen LogP contribution in [0.15, 0.2) is 53.4 Å². The summed E-state index contributed by atoms with van der Waals surface area (Å²) in [7, 11) is -3.75. The molecule has 0 aromatic heterocycles. The predicted molar refractivity (Wildman–Crippen MR) is 103 cm³/mol. The van der Waals surface area contributed by atoms with E-state index in [-0.39, 0.29) is 16.6 Å². The molecule has 7 nitrogen and oxygen atoms in total. The van der Waals surface area contributed by atoms with Gasteiger partial charge in [-0.3, -0.25) is 10.2 Å². The summed E-state index contributed by atoms with van der Waals surface area (Å²) in [5.74, 6) is -0.285. The smallest absolute Gasteiger partial charge is 0.241 e. The molecule has 2 aromatic carbocycles. The van der Waals surface area contributed by atoms with Gasteiger partial charge in [0.05, 0.1) is 4.90 Å². The van der Waals surface area contributed by atoms with Gasteiger partial charge in [0.2, 0.25) is 15.9 Å². The molecular weight excluding hydrogens is 364 g/mol. The van der Waals surface area contributed by atoms with E-state index in [2.05, 4.69) is 4.72 Å². The van der Waals surface area contributed by atoms with Gasteiger partial charge < -0.3 is 10.6 Å². The largest absolute Gasteiger partial charge is 0.384 e. The quantitative estimate of drug-likeness (QED) is 0.513. The summed E-state index contributed by atoms with van der Waals surface area (Å²) in [5, 5.41) is 7.50. The fourth-order valence-corrected chi connectivity index (χ4v) is 4.26. The lowest BCUT2D eigenvalue weighted by atomic mass is 10.1. The number of nitrogen functional groups attached to an aromatic ring is 1. The number of amides is 1. The molecule has 1 amide bonds. The van der Waals surface area contributed by atoms with Gasteiger partial charge in [0, 0.05) is 18.7 Å². The second kappa shape index (κ2) is 7.50. The van der Waals surface area contributed by atoms with E-state index in [1.807, 2.05) is 13.0 Å². The van der Waals surface area contributed by atoms with Gasteiger partial charge in [0.25, 0.3) is 0 Å². The van der Waals surface area contributed by atoms with Crippen LogP contribution in [0.3, 0.4) is 0 Å². The van der Waals surface area contributed by atoms with Crippen molar-refractivity contribution in [1.82, 2.24) is 9.62 Å². The van der Waals surface area contributed by atoms with Crippen molar-refractivity contribution >= 4 is 21.8 Å². The Kier molecular flexibility index (Phi) is 5.29. The Balaban J connectivity index is 1.69. The Morgan fingerprint density at radius 2 is 1.96 bits per heavy atom. The normalized spacial score (nSPS) is 17.3. The summed E-state index contributed by atoms with van der Waals surface area (Å²) >= 11 is 0. The Bertz CT molecular complexity index is 971. The lowest BCUT2D eigenvalue weighted by molar-refractivity contribution is -0.129. The van der Waals surface area contributed by atoms with E-state index >= 15 is 0 Å². The zero-order valence-electron chi connectivity index (χ0n) is 15.0. The lowest BCUT2D eigenvalue weighted by Gasteiger charge is -2.18. The average molecular weight is 386 g/mol. The second-order valence-corrected chi connectivity index (χ2v) is 8.36. The Morgan fingerprint density at radius 1 is 1.26 bits per heavy atom. The van der Waals surface area contributed by atoms with E-state index in [4.69, 9.17) is 11.1 Å². The van der Waals surface area contributed by atoms with Crippen LogP contribution in [0.2, 0.25) is 0 Å². The van der Waals surface area contributed by atoms with Crippen molar-refractivity contribution in [3.63, 3.8) is 0 Å². The molecule has 4 N–H and O–H groups in total. The highest BCUT2D eigenvalue weighted by Gasteiger charge is 2.34. The van der Waals surface area contributed by atoms with Crippen molar-refractivity contribution in [2.45, 2.75) is 30.8 Å². The first kappa shape index (κ1) is 19.1. The molecule has 27 heavy (non-hydrogen) atoms. The number of benzene rings is 2. The maximum absolute atomic E-state index is 12.6. The molecule has 2 aromatic rings. The van der Waals surface area contributed by atoms with Gasteiger partial charge >= 0.3 is 0 Å². The van der Waals surface area contributed by atoms with Crippen LogP contribution < -0.4 is 10.5 Å². The van der Waals surface area contributed by atoms with Crippen molar-refractivity contribution in [2.75, 3.05) is 6.54 Å². The van der Waals surface area contributed by atoms with Crippen molar-refractivity contribution < 1.29 is 13.2 Å². The van der Waals surface area contributed by atoms with Crippen LogP contribution in [-0.4, -0.2) is 37.6 Å². The van der Waals surface area contributed by atoms with Gasteiger partial charge in [-0.05, 0) is 37.1 Å². The molecule has 1 atom stereocenters. The van der Waals surface area contributed by atoms with Crippen LogP contribution in [0.1, 0.15) is 23.1 Å². The Morgan fingerprint density at radius 3 is 2.63 bits per heavy atom. The number of hydrogen-bond acceptors (Lipinski definition) is 4. The highest BCUT2D eigenvalue weighted by Crippen LogP contribution is 2.19. The van der Waals surface area contributed by atoms with Crippen LogP contribution in [0, 0.1) is 12.3 Å². The van der Waals surface area contributed by atoms with Crippen LogP contribution in [0.25, 0.3) is 0 Å². The molecule has 0 unspecified atom stereocenters. The molecule has 1 heterocycles. The molecule has 1 aliphatic rings. The van der Waals surface area contributed by atoms with Crippen molar-refractivity contribution in [2.24, 2.45) is 5.73 Å². The third-order valence-electron chi connectivity index (χ3n) is 4.54. The molecule has 1 fully saturated rings. The average Bonchev–Trinajstić information content (AvgIpc) is 2.95. The third-order valence-corrected chi connectivity index (χ3v) is 6.03. The van der Waals surface area contributed by atoms with Crippen molar-refractivity contribution in [3.8, 4) is 0 Å². The number of amidine groups is 1. The summed E-state index contributed by atoms with van der Waals surface area (Å²) < 4.78 is 27.5. The number of carbonyl (C=O) groups excluding carboxylic acids is 1. The summed E-state index contributed by atoms with van der Waals surface area (Å²) in [6, 6.07) is 12.9. The van der Waals surface area contributed by atoms with Gasteiger partial charge in [0.1, 0.15) is 11.9 Å². The number of hydrogen-bond donors (Lipinski definition) is 3. The fourth-order valence-electron chi connectivity index (χ4n) is 3.04. The molecule has 3 rings (SSSR count). The number of rotatable bonds is 6. The number of sulfonamides is 1. The van der Waals surface area contributed by atoms with E-state index in [0.717, 1.165) is 11.1 Å². The van der Waals surface area contributed by atoms with Crippen LogP contribution in [0.5, 0.6) is 0 Å². The Hall–Kier alpha value is -2.71. The lowest BCUT2D eigenvalue weighted by Crippen LogP contribution is -2.41. The minimum Gasteiger partial charge on any atom is -0.384 e. The standard InChI is InChI=1S/C19H22N4O3S/c1-13-5-7-16(8-6-13)27(25,26)22-17-9-10-23(19(17)24)12-14-3-2-4-15(11-14)18(20)21/h2-8,11,17,22H,9-10,12H2,1H3,(H3,20,21)/t17-/m0/s1. The number of nitrogens with two attached hydrogens (primary N) is 1. The topological polar surface area (TPSA) is 116 Å². The molecule has 1 aliphatic heterocycles. The van der Waals surface area contributed by atoms with Gasteiger partial charge in [-0.1, -0.05) is 35.9 Å². The first-order chi connectivity index (χ1) is 12.8. The van der Waals surface area contributed by atoms with Crippen LogP contribution in [0.4, 0.5) is 0 Å². The molecule has 0 bridgehead atoms. The summed E-state index contributed by atoms with van der Waals surface area (Å²) in [6.07, 6.45) is 0.413. The van der Waals surface area contributed by atoms with E-state index < -0.39 is 16.1 Å². The van der Waals surface area contributed by atoms with Crippen LogP contribution in [-0.2, 0) is 21.4 Å². The number of nitrogens with zero attached hydrogens (tertiary/aromatic N) is 1. The molecular formula is C19H22N4O3S. The molecule has 0 radical (unpaired) electrons. The van der Waals surface area contributed by atoms with E-state index in [0.29, 0.717) is 25.1 Å². The minimum absolute atomic E-state index is 0.0340. The maximum atomic E-state index is 12.6. The maximum Gasteiger partial charge on any atom is 0.241 e. The third kappa shape index (κ3) is 4.35.